The van der Waals surface area contributed by atoms with Gasteiger partial charge in [-0.2, -0.15) is 0 Å². The average Bonchev–Trinajstić information content (AvgIpc) is 2.77. The number of benzene rings is 2. The molecule has 1 N–H and O–H groups in total. The van der Waals surface area contributed by atoms with Gasteiger partial charge in [0.1, 0.15) is 23.4 Å². The zero-order valence-corrected chi connectivity index (χ0v) is 20.2. The molecule has 0 aromatic heterocycles. The van der Waals surface area contributed by atoms with Gasteiger partial charge in [-0.15, -0.1) is 0 Å². The van der Waals surface area contributed by atoms with E-state index in [4.69, 9.17) is 9.47 Å². The Kier molecular flexibility index (Phi) is 9.70. The summed E-state index contributed by atoms with van der Waals surface area (Å²) in [6.07, 6.45) is 1.20. The van der Waals surface area contributed by atoms with Crippen molar-refractivity contribution in [3.05, 3.63) is 59.9 Å². The summed E-state index contributed by atoms with van der Waals surface area (Å²) in [4.78, 5) is 27.7. The van der Waals surface area contributed by atoms with Crippen LogP contribution in [0, 0.1) is 5.82 Å². The average molecular weight is 459 g/mol. The minimum atomic E-state index is -0.621. The third kappa shape index (κ3) is 8.75. The maximum absolute atomic E-state index is 13.3. The first kappa shape index (κ1) is 26.2. The van der Waals surface area contributed by atoms with E-state index in [1.54, 1.807) is 24.1 Å². The lowest BCUT2D eigenvalue weighted by molar-refractivity contribution is -0.142. The zero-order valence-electron chi connectivity index (χ0n) is 20.2. The van der Waals surface area contributed by atoms with Crippen molar-refractivity contribution in [2.24, 2.45) is 0 Å². The van der Waals surface area contributed by atoms with Crippen LogP contribution in [0.3, 0.4) is 0 Å². The van der Waals surface area contributed by atoms with Crippen molar-refractivity contribution in [2.75, 3.05) is 13.7 Å². The number of halogens is 1. The summed E-state index contributed by atoms with van der Waals surface area (Å²) in [5, 5.41) is 2.97. The fourth-order valence-corrected chi connectivity index (χ4v) is 3.39. The van der Waals surface area contributed by atoms with Crippen LogP contribution in [0.5, 0.6) is 11.5 Å². The molecular formula is C26H35FN2O4. The summed E-state index contributed by atoms with van der Waals surface area (Å²) >= 11 is 0. The summed E-state index contributed by atoms with van der Waals surface area (Å²) in [6.45, 7) is 8.19. The van der Waals surface area contributed by atoms with E-state index in [1.165, 1.54) is 12.1 Å². The SMILES string of the molecule is CCC(C(=O)NC(C)(C)C)N(Cc1ccc(F)cc1)C(=O)CCCOc1ccc(OC)cc1. The Morgan fingerprint density at radius 2 is 1.64 bits per heavy atom. The molecule has 1 unspecified atom stereocenters. The summed E-state index contributed by atoms with van der Waals surface area (Å²) in [6, 6.07) is 12.6. The van der Waals surface area contributed by atoms with Crippen LogP contribution in [0.25, 0.3) is 0 Å². The highest BCUT2D eigenvalue weighted by Crippen LogP contribution is 2.18. The highest BCUT2D eigenvalue weighted by molar-refractivity contribution is 5.88. The largest absolute Gasteiger partial charge is 0.497 e. The molecule has 0 spiro atoms. The number of ether oxygens (including phenoxy) is 2. The van der Waals surface area contributed by atoms with Gasteiger partial charge in [0.15, 0.2) is 0 Å². The molecule has 180 valence electrons. The van der Waals surface area contributed by atoms with Crippen molar-refractivity contribution in [1.82, 2.24) is 10.2 Å². The Hall–Kier alpha value is -3.09. The van der Waals surface area contributed by atoms with Crippen LogP contribution in [-0.4, -0.2) is 42.0 Å². The van der Waals surface area contributed by atoms with Crippen LogP contribution in [0.4, 0.5) is 4.39 Å². The number of hydrogen-bond acceptors (Lipinski definition) is 4. The minimum absolute atomic E-state index is 0.145. The van der Waals surface area contributed by atoms with E-state index >= 15 is 0 Å². The predicted molar refractivity (Wildman–Crippen MR) is 127 cm³/mol. The normalized spacial score (nSPS) is 12.1. The Balaban J connectivity index is 2.05. The molecule has 6 nitrogen and oxygen atoms in total. The topological polar surface area (TPSA) is 67.9 Å². The molecule has 0 aliphatic rings. The molecule has 0 saturated carbocycles. The third-order valence-corrected chi connectivity index (χ3v) is 5.01. The summed E-state index contributed by atoms with van der Waals surface area (Å²) in [7, 11) is 1.60. The van der Waals surface area contributed by atoms with E-state index in [-0.39, 0.29) is 30.6 Å². The van der Waals surface area contributed by atoms with Crippen LogP contribution in [0.1, 0.15) is 52.5 Å². The molecule has 1 atom stereocenters. The summed E-state index contributed by atoms with van der Waals surface area (Å²) < 4.78 is 24.2. The zero-order chi connectivity index (χ0) is 24.4. The number of methoxy groups -OCH3 is 1. The number of nitrogens with zero attached hydrogens (tertiary/aromatic N) is 1. The van der Waals surface area contributed by atoms with Crippen molar-refractivity contribution in [3.8, 4) is 11.5 Å². The van der Waals surface area contributed by atoms with Crippen molar-refractivity contribution >= 4 is 11.8 Å². The van der Waals surface area contributed by atoms with E-state index in [1.807, 2.05) is 52.0 Å². The minimum Gasteiger partial charge on any atom is -0.497 e. The number of nitrogens with one attached hydrogen (secondary N) is 1. The van der Waals surface area contributed by atoms with Gasteiger partial charge in [0, 0.05) is 18.5 Å². The highest BCUT2D eigenvalue weighted by Gasteiger charge is 2.30. The molecule has 2 aromatic carbocycles. The predicted octanol–water partition coefficient (Wildman–Crippen LogP) is 4.72. The summed E-state index contributed by atoms with van der Waals surface area (Å²) in [5.41, 5.74) is 0.350. The number of amides is 2. The first-order valence-electron chi connectivity index (χ1n) is 11.3. The number of carbonyl (C=O) groups excluding carboxylic acids is 2. The molecule has 2 amide bonds. The van der Waals surface area contributed by atoms with E-state index in [2.05, 4.69) is 5.32 Å². The van der Waals surface area contributed by atoms with Gasteiger partial charge in [-0.05, 0) is 75.6 Å². The fraction of sp³-hybridized carbons (Fsp3) is 0.462. The second kappa shape index (κ2) is 12.2. The van der Waals surface area contributed by atoms with Gasteiger partial charge in [-0.25, -0.2) is 4.39 Å². The molecular weight excluding hydrogens is 423 g/mol. The smallest absolute Gasteiger partial charge is 0.243 e. The Labute approximate surface area is 196 Å². The molecule has 33 heavy (non-hydrogen) atoms. The molecule has 0 radical (unpaired) electrons. The van der Waals surface area contributed by atoms with E-state index < -0.39 is 11.6 Å². The van der Waals surface area contributed by atoms with E-state index in [9.17, 15) is 14.0 Å². The van der Waals surface area contributed by atoms with Gasteiger partial charge in [-0.3, -0.25) is 9.59 Å². The van der Waals surface area contributed by atoms with Crippen LogP contribution in [-0.2, 0) is 16.1 Å². The maximum atomic E-state index is 13.3. The number of rotatable bonds is 11. The van der Waals surface area contributed by atoms with Crippen LogP contribution >= 0.6 is 0 Å². The van der Waals surface area contributed by atoms with E-state index in [0.717, 1.165) is 11.3 Å². The Bertz CT molecular complexity index is 892. The van der Waals surface area contributed by atoms with Crippen LogP contribution < -0.4 is 14.8 Å². The Morgan fingerprint density at radius 3 is 2.18 bits per heavy atom. The standard InChI is InChI=1S/C26H35FN2O4/c1-6-23(25(31)28-26(2,3)4)29(18-19-9-11-20(27)12-10-19)24(30)8-7-17-33-22-15-13-21(32-5)14-16-22/h9-16,23H,6-8,17-18H2,1-5H3,(H,28,31). The van der Waals surface area contributed by atoms with Crippen molar-refractivity contribution < 1.29 is 23.5 Å². The highest BCUT2D eigenvalue weighted by atomic mass is 19.1. The van der Waals surface area contributed by atoms with E-state index in [0.29, 0.717) is 25.2 Å². The van der Waals surface area contributed by atoms with Crippen LogP contribution in [0.2, 0.25) is 0 Å². The molecule has 0 aliphatic carbocycles. The number of carbonyl (C=O) groups is 2. The lowest BCUT2D eigenvalue weighted by atomic mass is 10.0. The second-order valence-electron chi connectivity index (χ2n) is 8.94. The quantitative estimate of drug-likeness (QED) is 0.495. The first-order chi connectivity index (χ1) is 15.6. The third-order valence-electron chi connectivity index (χ3n) is 5.01. The van der Waals surface area contributed by atoms with Crippen molar-refractivity contribution in [2.45, 2.75) is 65.1 Å². The maximum Gasteiger partial charge on any atom is 0.243 e. The monoisotopic (exact) mass is 458 g/mol. The van der Waals surface area contributed by atoms with Gasteiger partial charge in [0.2, 0.25) is 11.8 Å². The molecule has 0 saturated heterocycles. The van der Waals surface area contributed by atoms with Gasteiger partial charge >= 0.3 is 0 Å². The molecule has 2 aromatic rings. The van der Waals surface area contributed by atoms with Gasteiger partial charge in [-0.1, -0.05) is 19.1 Å². The van der Waals surface area contributed by atoms with Crippen molar-refractivity contribution in [1.29, 1.82) is 0 Å². The molecule has 7 heteroatoms. The first-order valence-corrected chi connectivity index (χ1v) is 11.3. The molecule has 0 aliphatic heterocycles. The fourth-order valence-electron chi connectivity index (χ4n) is 3.39. The number of hydrogen-bond donors (Lipinski definition) is 1. The van der Waals surface area contributed by atoms with Crippen LogP contribution in [0.15, 0.2) is 48.5 Å². The van der Waals surface area contributed by atoms with Gasteiger partial charge in [0.25, 0.3) is 0 Å². The van der Waals surface area contributed by atoms with Crippen molar-refractivity contribution in [3.63, 3.8) is 0 Å². The molecule has 0 heterocycles. The molecule has 0 fully saturated rings. The lowest BCUT2D eigenvalue weighted by Gasteiger charge is -2.33. The molecule has 0 bridgehead atoms. The molecule has 2 rings (SSSR count). The second-order valence-corrected chi connectivity index (χ2v) is 8.94. The van der Waals surface area contributed by atoms with Gasteiger partial charge < -0.3 is 19.7 Å². The lowest BCUT2D eigenvalue weighted by Crippen LogP contribution is -2.53. The summed E-state index contributed by atoms with van der Waals surface area (Å²) in [5.74, 6) is 0.754. The Morgan fingerprint density at radius 1 is 1.03 bits per heavy atom. The van der Waals surface area contributed by atoms with Gasteiger partial charge in [0.05, 0.1) is 13.7 Å².